The monoisotopic (exact) mass is 259 g/mol. The normalized spacial score (nSPS) is 21.2. The van der Waals surface area contributed by atoms with Crippen molar-refractivity contribution in [1.29, 1.82) is 0 Å². The molecule has 1 aromatic rings. The molecule has 90 valence electrons. The fourth-order valence-electron chi connectivity index (χ4n) is 1.90. The molecule has 0 bridgehead atoms. The number of imidazole rings is 1. The molecule has 2 heterocycles. The molecule has 1 N–H and O–H groups in total. The van der Waals surface area contributed by atoms with E-state index in [1.165, 1.54) is 25.0 Å². The molecule has 1 aliphatic rings. The number of hydrogen-bond acceptors (Lipinski definition) is 3. The van der Waals surface area contributed by atoms with E-state index in [0.717, 1.165) is 24.2 Å². The summed E-state index contributed by atoms with van der Waals surface area (Å²) in [6.45, 7) is 1.88. The minimum Gasteiger partial charge on any atom is -0.321 e. The van der Waals surface area contributed by atoms with Gasteiger partial charge in [-0.15, -0.1) is 0 Å². The van der Waals surface area contributed by atoms with Crippen LogP contribution in [0.25, 0.3) is 0 Å². The third-order valence-electron chi connectivity index (χ3n) is 2.96. The Morgan fingerprint density at radius 1 is 1.62 bits per heavy atom. The van der Waals surface area contributed by atoms with Crippen LogP contribution in [0.2, 0.25) is 5.15 Å². The maximum absolute atomic E-state index is 5.93. The third kappa shape index (κ3) is 3.15. The molecular formula is C11H18ClN3S. The molecule has 16 heavy (non-hydrogen) atoms. The smallest absolute Gasteiger partial charge is 0.128 e. The number of hydrogen-bond donors (Lipinski definition) is 1. The Morgan fingerprint density at radius 3 is 3.12 bits per heavy atom. The molecule has 1 unspecified atom stereocenters. The van der Waals surface area contributed by atoms with Gasteiger partial charge in [0.2, 0.25) is 0 Å². The SMILES string of the molecule is Cn1c(Cl)cnc1CNCC1CCCCS1. The highest BCUT2D eigenvalue weighted by Crippen LogP contribution is 2.24. The summed E-state index contributed by atoms with van der Waals surface area (Å²) in [6, 6.07) is 0. The van der Waals surface area contributed by atoms with Gasteiger partial charge in [0, 0.05) is 18.8 Å². The average molecular weight is 260 g/mol. The van der Waals surface area contributed by atoms with Crippen LogP contribution in [0.15, 0.2) is 6.20 Å². The summed E-state index contributed by atoms with van der Waals surface area (Å²) in [5, 5.41) is 4.94. The van der Waals surface area contributed by atoms with Crippen molar-refractivity contribution in [2.24, 2.45) is 7.05 Å². The lowest BCUT2D eigenvalue weighted by atomic mass is 10.2. The molecule has 1 saturated heterocycles. The van der Waals surface area contributed by atoms with Crippen molar-refractivity contribution in [1.82, 2.24) is 14.9 Å². The zero-order valence-corrected chi connectivity index (χ0v) is 11.2. The van der Waals surface area contributed by atoms with Gasteiger partial charge in [0.05, 0.1) is 12.7 Å². The van der Waals surface area contributed by atoms with Gasteiger partial charge >= 0.3 is 0 Å². The lowest BCUT2D eigenvalue weighted by molar-refractivity contribution is 0.580. The molecule has 1 fully saturated rings. The predicted octanol–water partition coefficient (Wildman–Crippen LogP) is 2.45. The number of rotatable bonds is 4. The maximum atomic E-state index is 5.93. The van der Waals surface area contributed by atoms with Crippen LogP contribution in [0.1, 0.15) is 25.1 Å². The van der Waals surface area contributed by atoms with Crippen LogP contribution < -0.4 is 5.32 Å². The Balaban J connectivity index is 1.73. The average Bonchev–Trinajstić information content (AvgIpc) is 2.62. The second-order valence-corrected chi connectivity index (χ2v) is 5.97. The molecule has 0 aliphatic carbocycles. The quantitative estimate of drug-likeness (QED) is 0.901. The number of nitrogens with one attached hydrogen (secondary N) is 1. The standard InChI is InChI=1S/C11H18ClN3S/c1-15-10(12)7-14-11(15)8-13-6-9-4-2-3-5-16-9/h7,9,13H,2-6,8H2,1H3. The van der Waals surface area contributed by atoms with E-state index in [2.05, 4.69) is 22.1 Å². The van der Waals surface area contributed by atoms with Crippen molar-refractivity contribution >= 4 is 23.4 Å². The van der Waals surface area contributed by atoms with Gasteiger partial charge in [0.15, 0.2) is 0 Å². The summed E-state index contributed by atoms with van der Waals surface area (Å²) in [5.74, 6) is 2.33. The van der Waals surface area contributed by atoms with Crippen molar-refractivity contribution in [3.8, 4) is 0 Å². The van der Waals surface area contributed by atoms with Crippen molar-refractivity contribution in [3.05, 3.63) is 17.2 Å². The van der Waals surface area contributed by atoms with E-state index in [-0.39, 0.29) is 0 Å². The van der Waals surface area contributed by atoms with Crippen LogP contribution in [-0.4, -0.2) is 27.1 Å². The van der Waals surface area contributed by atoms with E-state index in [9.17, 15) is 0 Å². The van der Waals surface area contributed by atoms with Gasteiger partial charge in [0.25, 0.3) is 0 Å². The van der Waals surface area contributed by atoms with Gasteiger partial charge < -0.3 is 9.88 Å². The maximum Gasteiger partial charge on any atom is 0.128 e. The lowest BCUT2D eigenvalue weighted by Crippen LogP contribution is -2.27. The van der Waals surface area contributed by atoms with Gasteiger partial charge in [-0.2, -0.15) is 11.8 Å². The summed E-state index contributed by atoms with van der Waals surface area (Å²) in [5.41, 5.74) is 0. The Morgan fingerprint density at radius 2 is 2.50 bits per heavy atom. The summed E-state index contributed by atoms with van der Waals surface area (Å²) < 4.78 is 1.92. The van der Waals surface area contributed by atoms with E-state index < -0.39 is 0 Å². The summed E-state index contributed by atoms with van der Waals surface area (Å²) in [6.07, 6.45) is 5.82. The van der Waals surface area contributed by atoms with Gasteiger partial charge in [-0.3, -0.25) is 0 Å². The summed E-state index contributed by atoms with van der Waals surface area (Å²) >= 11 is 8.02. The lowest BCUT2D eigenvalue weighted by Gasteiger charge is -2.21. The van der Waals surface area contributed by atoms with Crippen LogP contribution in [0, 0.1) is 0 Å². The van der Waals surface area contributed by atoms with Crippen molar-refractivity contribution < 1.29 is 0 Å². The first kappa shape index (κ1) is 12.3. The van der Waals surface area contributed by atoms with Gasteiger partial charge in [0.1, 0.15) is 11.0 Å². The molecule has 0 spiro atoms. The first-order chi connectivity index (χ1) is 7.77. The molecule has 1 atom stereocenters. The number of thioether (sulfide) groups is 1. The second-order valence-electron chi connectivity index (χ2n) is 4.18. The van der Waals surface area contributed by atoms with Crippen molar-refractivity contribution in [2.45, 2.75) is 31.1 Å². The van der Waals surface area contributed by atoms with Crippen molar-refractivity contribution in [3.63, 3.8) is 0 Å². The molecule has 1 aliphatic heterocycles. The highest BCUT2D eigenvalue weighted by molar-refractivity contribution is 7.99. The molecule has 0 saturated carbocycles. The Labute approximate surface area is 106 Å². The van der Waals surface area contributed by atoms with Crippen LogP contribution in [0.5, 0.6) is 0 Å². The zero-order valence-electron chi connectivity index (χ0n) is 9.58. The topological polar surface area (TPSA) is 29.9 Å². The van der Waals surface area contributed by atoms with E-state index in [1.54, 1.807) is 6.20 Å². The molecule has 2 rings (SSSR count). The molecule has 3 nitrogen and oxygen atoms in total. The Hall–Kier alpha value is -0.190. The molecular weight excluding hydrogens is 242 g/mol. The van der Waals surface area contributed by atoms with Crippen LogP contribution in [0.3, 0.4) is 0 Å². The number of aromatic nitrogens is 2. The Bertz CT molecular complexity index is 334. The molecule has 1 aromatic heterocycles. The van der Waals surface area contributed by atoms with Crippen LogP contribution in [-0.2, 0) is 13.6 Å². The number of nitrogens with zero attached hydrogens (tertiary/aromatic N) is 2. The molecule has 0 aromatic carbocycles. The molecule has 0 radical (unpaired) electrons. The fraction of sp³-hybridized carbons (Fsp3) is 0.727. The van der Waals surface area contributed by atoms with Crippen LogP contribution in [0.4, 0.5) is 0 Å². The fourth-order valence-corrected chi connectivity index (χ4v) is 3.32. The first-order valence-corrected chi connectivity index (χ1v) is 7.18. The van der Waals surface area contributed by atoms with Crippen LogP contribution >= 0.6 is 23.4 Å². The minimum absolute atomic E-state index is 0.698. The molecule has 0 amide bonds. The third-order valence-corrected chi connectivity index (χ3v) is 4.71. The predicted molar refractivity (Wildman–Crippen MR) is 70.0 cm³/mol. The molecule has 5 heteroatoms. The summed E-state index contributed by atoms with van der Waals surface area (Å²) in [4.78, 5) is 4.26. The van der Waals surface area contributed by atoms with E-state index in [4.69, 9.17) is 11.6 Å². The first-order valence-electron chi connectivity index (χ1n) is 5.76. The highest BCUT2D eigenvalue weighted by Gasteiger charge is 2.13. The number of halogens is 1. The van der Waals surface area contributed by atoms with Gasteiger partial charge in [-0.25, -0.2) is 4.98 Å². The zero-order chi connectivity index (χ0) is 11.4. The van der Waals surface area contributed by atoms with E-state index >= 15 is 0 Å². The highest BCUT2D eigenvalue weighted by atomic mass is 35.5. The second kappa shape index (κ2) is 5.94. The van der Waals surface area contributed by atoms with Gasteiger partial charge in [-0.05, 0) is 18.6 Å². The summed E-state index contributed by atoms with van der Waals surface area (Å²) in [7, 11) is 1.95. The largest absolute Gasteiger partial charge is 0.321 e. The van der Waals surface area contributed by atoms with Gasteiger partial charge in [-0.1, -0.05) is 18.0 Å². The van der Waals surface area contributed by atoms with Crippen molar-refractivity contribution in [2.75, 3.05) is 12.3 Å². The van der Waals surface area contributed by atoms with E-state index in [1.807, 2.05) is 11.6 Å². The minimum atomic E-state index is 0.698. The Kier molecular flexibility index (Phi) is 4.55. The van der Waals surface area contributed by atoms with E-state index in [0.29, 0.717) is 5.15 Å².